The number of hydrogen-bond acceptors (Lipinski definition) is 11. The van der Waals surface area contributed by atoms with Crippen LogP contribution in [0.2, 0.25) is 0 Å². The fraction of sp³-hybridized carbons (Fsp3) is 0.462. The van der Waals surface area contributed by atoms with Crippen LogP contribution in [0.3, 0.4) is 0 Å². The highest BCUT2D eigenvalue weighted by atomic mass is 35.5. The van der Waals surface area contributed by atoms with E-state index in [0.717, 1.165) is 33.4 Å². The second kappa shape index (κ2) is 14.8. The Hall–Kier alpha value is -4.54. The molecule has 52 heavy (non-hydrogen) atoms. The number of rotatable bonds is 11. The van der Waals surface area contributed by atoms with Crippen LogP contribution in [-0.4, -0.2) is 87.1 Å². The van der Waals surface area contributed by atoms with Crippen molar-refractivity contribution in [3.8, 4) is 34.8 Å². The summed E-state index contributed by atoms with van der Waals surface area (Å²) in [4.78, 5) is 30.8. The normalized spacial score (nSPS) is 22.8. The van der Waals surface area contributed by atoms with E-state index in [0.29, 0.717) is 60.0 Å². The van der Waals surface area contributed by atoms with Gasteiger partial charge in [0.05, 0.1) is 25.3 Å². The lowest BCUT2D eigenvalue weighted by Crippen LogP contribution is -2.68. The number of alkyl halides is 1. The van der Waals surface area contributed by atoms with Crippen molar-refractivity contribution in [3.63, 3.8) is 0 Å². The maximum Gasteiger partial charge on any atom is 0.326 e. The van der Waals surface area contributed by atoms with Crippen LogP contribution in [-0.2, 0) is 33.6 Å². The van der Waals surface area contributed by atoms with Crippen LogP contribution in [0.4, 0.5) is 0 Å². The molecule has 4 heterocycles. The minimum Gasteiger partial charge on any atom is -0.493 e. The fourth-order valence-electron chi connectivity index (χ4n) is 8.75. The van der Waals surface area contributed by atoms with E-state index in [1.807, 2.05) is 51.2 Å². The van der Waals surface area contributed by atoms with E-state index in [1.165, 1.54) is 0 Å². The van der Waals surface area contributed by atoms with Gasteiger partial charge in [0.25, 0.3) is 0 Å². The first-order valence-electron chi connectivity index (χ1n) is 17.5. The van der Waals surface area contributed by atoms with Gasteiger partial charge in [-0.2, -0.15) is 5.26 Å². The number of amides is 1. The zero-order chi connectivity index (χ0) is 36.7. The standard InChI is InChI=1S/C39H43ClN4O8/c1-21-13-24-14-26-28(17-41)44-27(34(43(26)3)32(24)38(35(21)48-5)49-19-47-4)15-25-33(29(44)18-42-30(45)12-11-23-9-7-6-8-10-23)39-37(50-20-51-39)22(2)36(25)52-31(46)16-40/h6-10,13,26-29,34H,11-12,14-16,18-20H2,1-5H3,(H,42,45)/t26-,27?,28-,29-,34+/m0/s1. The van der Waals surface area contributed by atoms with E-state index in [2.05, 4.69) is 27.3 Å². The highest BCUT2D eigenvalue weighted by Crippen LogP contribution is 2.58. The van der Waals surface area contributed by atoms with Gasteiger partial charge in [-0.25, -0.2) is 0 Å². The van der Waals surface area contributed by atoms with E-state index < -0.39 is 18.1 Å². The topological polar surface area (TPSA) is 132 Å². The molecule has 13 heteroatoms. The van der Waals surface area contributed by atoms with Gasteiger partial charge in [0.2, 0.25) is 12.7 Å². The number of nitrogens with one attached hydrogen (secondary N) is 1. The Morgan fingerprint density at radius 1 is 1.04 bits per heavy atom. The van der Waals surface area contributed by atoms with Crippen molar-refractivity contribution in [2.24, 2.45) is 0 Å². The maximum atomic E-state index is 13.5. The molecule has 0 aromatic heterocycles. The molecule has 5 atom stereocenters. The molecule has 1 fully saturated rings. The lowest BCUT2D eigenvalue weighted by atomic mass is 9.71. The van der Waals surface area contributed by atoms with Crippen LogP contribution in [0.5, 0.6) is 28.7 Å². The van der Waals surface area contributed by atoms with Crippen molar-refractivity contribution in [1.29, 1.82) is 5.26 Å². The number of nitriles is 1. The highest BCUT2D eigenvalue weighted by molar-refractivity contribution is 6.26. The summed E-state index contributed by atoms with van der Waals surface area (Å²) in [5, 5.41) is 14.2. The quantitative estimate of drug-likeness (QED) is 0.128. The Kier molecular flexibility index (Phi) is 10.2. The van der Waals surface area contributed by atoms with Gasteiger partial charge >= 0.3 is 5.97 Å². The summed E-state index contributed by atoms with van der Waals surface area (Å²) in [6.07, 6.45) is 1.85. The minimum absolute atomic E-state index is 0.0164. The summed E-state index contributed by atoms with van der Waals surface area (Å²) in [7, 11) is 5.24. The number of benzene rings is 3. The predicted octanol–water partition coefficient (Wildman–Crippen LogP) is 4.69. The first-order chi connectivity index (χ1) is 25.2. The Labute approximate surface area is 308 Å². The molecule has 0 saturated carbocycles. The third kappa shape index (κ3) is 6.09. The molecule has 1 unspecified atom stereocenters. The monoisotopic (exact) mass is 730 g/mol. The van der Waals surface area contributed by atoms with E-state index in [-0.39, 0.29) is 50.0 Å². The number of aryl methyl sites for hydroxylation is 2. The number of nitrogens with zero attached hydrogens (tertiary/aromatic N) is 3. The van der Waals surface area contributed by atoms with Crippen LogP contribution in [0.15, 0.2) is 36.4 Å². The number of hydrogen-bond donors (Lipinski definition) is 1. The van der Waals surface area contributed by atoms with E-state index in [4.69, 9.17) is 40.0 Å². The summed E-state index contributed by atoms with van der Waals surface area (Å²) in [6, 6.07) is 12.7. The molecule has 0 aliphatic carbocycles. The van der Waals surface area contributed by atoms with Crippen molar-refractivity contribution < 1.29 is 38.0 Å². The molecule has 1 N–H and O–H groups in total. The summed E-state index contributed by atoms with van der Waals surface area (Å²) in [6.45, 7) is 3.99. The largest absolute Gasteiger partial charge is 0.493 e. The van der Waals surface area contributed by atoms with Crippen LogP contribution < -0.4 is 29.0 Å². The van der Waals surface area contributed by atoms with Gasteiger partial charge in [0.15, 0.2) is 29.8 Å². The second-order valence-corrected chi connectivity index (χ2v) is 13.9. The molecule has 4 aliphatic rings. The SMILES string of the molecule is COCOc1c(OC)c(C)cc2c1[C@H]1C3Cc4c(OC(=O)CCl)c(C)c5c(c4[C@H](CNC(=O)CCc4ccccc4)N3[C@@H](C#N)[C@H](C2)N1C)OCO5. The van der Waals surface area contributed by atoms with Crippen molar-refractivity contribution in [1.82, 2.24) is 15.1 Å². The van der Waals surface area contributed by atoms with E-state index in [9.17, 15) is 14.9 Å². The van der Waals surface area contributed by atoms with Crippen LogP contribution in [0, 0.1) is 25.2 Å². The van der Waals surface area contributed by atoms with Crippen LogP contribution in [0.1, 0.15) is 57.4 Å². The molecule has 0 radical (unpaired) electrons. The number of ether oxygens (including phenoxy) is 6. The molecule has 1 saturated heterocycles. The molecular weight excluding hydrogens is 688 g/mol. The lowest BCUT2D eigenvalue weighted by Gasteiger charge is -2.60. The molecule has 3 aromatic carbocycles. The molecule has 7 rings (SSSR count). The van der Waals surface area contributed by atoms with Crippen molar-refractivity contribution >= 4 is 23.5 Å². The Balaban J connectivity index is 1.39. The molecule has 12 nitrogen and oxygen atoms in total. The number of carbonyl (C=O) groups is 2. The van der Waals surface area contributed by atoms with Gasteiger partial charge in [-0.1, -0.05) is 36.4 Å². The van der Waals surface area contributed by atoms with Crippen LogP contribution >= 0.6 is 11.6 Å². The second-order valence-electron chi connectivity index (χ2n) is 13.7. The molecule has 4 aliphatic heterocycles. The lowest BCUT2D eigenvalue weighted by molar-refractivity contribution is -0.131. The van der Waals surface area contributed by atoms with Gasteiger partial charge < -0.3 is 33.7 Å². The van der Waals surface area contributed by atoms with Crippen molar-refractivity contribution in [3.05, 3.63) is 75.3 Å². The number of halogens is 1. The van der Waals surface area contributed by atoms with Gasteiger partial charge in [-0.05, 0) is 56.8 Å². The minimum atomic E-state index is -0.603. The Bertz CT molecular complexity index is 1920. The first kappa shape index (κ1) is 35.8. The molecule has 0 spiro atoms. The number of piperazine rings is 1. The summed E-state index contributed by atoms with van der Waals surface area (Å²) in [5.41, 5.74) is 6.12. The Morgan fingerprint density at radius 2 is 1.81 bits per heavy atom. The van der Waals surface area contributed by atoms with Gasteiger partial charge in [-0.15, -0.1) is 11.6 Å². The smallest absolute Gasteiger partial charge is 0.326 e. The summed E-state index contributed by atoms with van der Waals surface area (Å²) in [5.74, 6) is 1.51. The molecule has 274 valence electrons. The third-order valence-electron chi connectivity index (χ3n) is 10.9. The van der Waals surface area contributed by atoms with E-state index in [1.54, 1.807) is 14.2 Å². The van der Waals surface area contributed by atoms with Crippen molar-refractivity contribution in [2.75, 3.05) is 47.3 Å². The number of fused-ring (bicyclic) bond motifs is 9. The third-order valence-corrected chi connectivity index (χ3v) is 11.1. The molecule has 2 bridgehead atoms. The van der Waals surface area contributed by atoms with Crippen molar-refractivity contribution in [2.45, 2.75) is 69.7 Å². The average Bonchev–Trinajstić information content (AvgIpc) is 3.64. The zero-order valence-corrected chi connectivity index (χ0v) is 30.7. The molecular formula is C39H43ClN4O8. The van der Waals surface area contributed by atoms with Gasteiger partial charge in [-0.3, -0.25) is 19.4 Å². The fourth-order valence-corrected chi connectivity index (χ4v) is 8.80. The zero-order valence-electron chi connectivity index (χ0n) is 30.0. The highest BCUT2D eigenvalue weighted by Gasteiger charge is 2.57. The molecule has 3 aromatic rings. The van der Waals surface area contributed by atoms with Gasteiger partial charge in [0.1, 0.15) is 17.7 Å². The van der Waals surface area contributed by atoms with E-state index >= 15 is 0 Å². The number of likely N-dealkylation sites (N-methyl/N-ethyl adjacent to an activating group) is 1. The van der Waals surface area contributed by atoms with Crippen LogP contribution in [0.25, 0.3) is 0 Å². The average molecular weight is 731 g/mol. The number of carbonyl (C=O) groups excluding carboxylic acids is 2. The van der Waals surface area contributed by atoms with Gasteiger partial charge in [0, 0.05) is 54.4 Å². The Morgan fingerprint density at radius 3 is 2.52 bits per heavy atom. The maximum absolute atomic E-state index is 13.5. The first-order valence-corrected chi connectivity index (χ1v) is 18.0. The predicted molar refractivity (Wildman–Crippen MR) is 191 cm³/mol. The molecule has 1 amide bonds. The number of esters is 1. The summed E-state index contributed by atoms with van der Waals surface area (Å²) >= 11 is 5.97. The number of methoxy groups -OCH3 is 2. The summed E-state index contributed by atoms with van der Waals surface area (Å²) < 4.78 is 35.7.